The van der Waals surface area contributed by atoms with Crippen molar-refractivity contribution in [2.24, 2.45) is 0 Å². The van der Waals surface area contributed by atoms with Crippen LogP contribution in [0.4, 0.5) is 5.82 Å². The Morgan fingerprint density at radius 1 is 1.04 bits per heavy atom. The summed E-state index contributed by atoms with van der Waals surface area (Å²) in [7, 11) is 4.08. The highest BCUT2D eigenvalue weighted by Crippen LogP contribution is 2.24. The topological polar surface area (TPSA) is 45.2 Å². The predicted octanol–water partition coefficient (Wildman–Crippen LogP) is 3.16. The van der Waals surface area contributed by atoms with E-state index in [9.17, 15) is 0 Å². The van der Waals surface area contributed by atoms with Gasteiger partial charge in [-0.05, 0) is 6.07 Å². The number of rotatable bonds is 4. The first-order valence-corrected chi connectivity index (χ1v) is 8.94. The molecule has 132 valence electrons. The van der Waals surface area contributed by atoms with Crippen LogP contribution in [0, 0.1) is 0 Å². The smallest absolute Gasteiger partial charge is 0.159 e. The average molecular weight is 345 g/mol. The maximum atomic E-state index is 4.81. The minimum atomic E-state index is 0.819. The number of nitrogens with zero attached hydrogens (tertiary/aromatic N) is 5. The highest BCUT2D eigenvalue weighted by molar-refractivity contribution is 5.54. The molecule has 0 amide bonds. The summed E-state index contributed by atoms with van der Waals surface area (Å²) in [6, 6.07) is 14.3. The number of aromatic nitrogens is 3. The van der Waals surface area contributed by atoms with E-state index in [0.29, 0.717) is 0 Å². The van der Waals surface area contributed by atoms with Gasteiger partial charge in [-0.3, -0.25) is 4.90 Å². The van der Waals surface area contributed by atoms with Gasteiger partial charge in [0.05, 0.1) is 5.69 Å². The quantitative estimate of drug-likeness (QED) is 0.727. The second-order valence-electron chi connectivity index (χ2n) is 6.87. The zero-order chi connectivity index (χ0) is 17.9. The standard InChI is InChI=1S/C21H23N5/c1-25(2)21-17(9-6-11-22-21)14-26-12-10-19-18(15-26)13-23-20(24-19)16-7-4-3-5-8-16/h3-9,11,13H,10,12,14-15H2,1-2H3. The van der Waals surface area contributed by atoms with Gasteiger partial charge in [-0.25, -0.2) is 15.0 Å². The number of fused-ring (bicyclic) bond motifs is 1. The summed E-state index contributed by atoms with van der Waals surface area (Å²) < 4.78 is 0. The molecule has 3 aromatic rings. The maximum Gasteiger partial charge on any atom is 0.159 e. The van der Waals surface area contributed by atoms with Gasteiger partial charge < -0.3 is 4.90 Å². The van der Waals surface area contributed by atoms with Crippen LogP contribution in [0.3, 0.4) is 0 Å². The van der Waals surface area contributed by atoms with Crippen molar-refractivity contribution in [1.29, 1.82) is 0 Å². The average Bonchev–Trinajstić information content (AvgIpc) is 2.68. The Bertz CT molecular complexity index is 892. The molecule has 0 fully saturated rings. The van der Waals surface area contributed by atoms with Crippen molar-refractivity contribution in [3.8, 4) is 11.4 Å². The molecule has 3 heterocycles. The molecule has 0 unspecified atom stereocenters. The van der Waals surface area contributed by atoms with Gasteiger partial charge in [-0.2, -0.15) is 0 Å². The zero-order valence-electron chi connectivity index (χ0n) is 15.3. The minimum Gasteiger partial charge on any atom is -0.362 e. The summed E-state index contributed by atoms with van der Waals surface area (Å²) in [5, 5.41) is 0. The highest BCUT2D eigenvalue weighted by atomic mass is 15.2. The van der Waals surface area contributed by atoms with Gasteiger partial charge in [0.25, 0.3) is 0 Å². The van der Waals surface area contributed by atoms with Crippen LogP contribution in [-0.2, 0) is 19.5 Å². The molecule has 0 aliphatic carbocycles. The van der Waals surface area contributed by atoms with Crippen molar-refractivity contribution in [1.82, 2.24) is 19.9 Å². The first-order chi connectivity index (χ1) is 12.7. The molecule has 0 saturated heterocycles. The van der Waals surface area contributed by atoms with Crippen LogP contribution in [-0.4, -0.2) is 40.5 Å². The van der Waals surface area contributed by atoms with Gasteiger partial charge in [-0.1, -0.05) is 36.4 Å². The summed E-state index contributed by atoms with van der Waals surface area (Å²) in [6.07, 6.45) is 4.80. The number of pyridine rings is 1. The fourth-order valence-electron chi connectivity index (χ4n) is 3.43. The van der Waals surface area contributed by atoms with Crippen molar-refractivity contribution in [3.63, 3.8) is 0 Å². The summed E-state index contributed by atoms with van der Waals surface area (Å²) in [4.78, 5) is 18.4. The van der Waals surface area contributed by atoms with Gasteiger partial charge in [0.15, 0.2) is 5.82 Å². The van der Waals surface area contributed by atoms with Crippen molar-refractivity contribution < 1.29 is 0 Å². The van der Waals surface area contributed by atoms with Crippen LogP contribution in [0.5, 0.6) is 0 Å². The van der Waals surface area contributed by atoms with Gasteiger partial charge in [0.1, 0.15) is 5.82 Å². The molecule has 0 bridgehead atoms. The van der Waals surface area contributed by atoms with Gasteiger partial charge in [0, 0.05) is 69.2 Å². The van der Waals surface area contributed by atoms with Crippen LogP contribution in [0.15, 0.2) is 54.9 Å². The Balaban J connectivity index is 1.52. The monoisotopic (exact) mass is 345 g/mol. The molecule has 0 saturated carbocycles. The molecule has 1 aliphatic heterocycles. The molecular weight excluding hydrogens is 322 g/mol. The third-order valence-corrected chi connectivity index (χ3v) is 4.73. The van der Waals surface area contributed by atoms with Crippen molar-refractivity contribution in [2.75, 3.05) is 25.5 Å². The predicted molar refractivity (Wildman–Crippen MR) is 104 cm³/mol. The molecule has 0 N–H and O–H groups in total. The van der Waals surface area contributed by atoms with Crippen LogP contribution >= 0.6 is 0 Å². The summed E-state index contributed by atoms with van der Waals surface area (Å²) in [5.74, 6) is 1.86. The minimum absolute atomic E-state index is 0.819. The van der Waals surface area contributed by atoms with E-state index in [1.807, 2.05) is 50.8 Å². The number of hydrogen-bond acceptors (Lipinski definition) is 5. The lowest BCUT2D eigenvalue weighted by molar-refractivity contribution is 0.243. The van der Waals surface area contributed by atoms with Crippen LogP contribution in [0.1, 0.15) is 16.8 Å². The van der Waals surface area contributed by atoms with Gasteiger partial charge in [-0.15, -0.1) is 0 Å². The summed E-state index contributed by atoms with van der Waals surface area (Å²) >= 11 is 0. The molecule has 1 aromatic carbocycles. The Morgan fingerprint density at radius 3 is 2.69 bits per heavy atom. The molecule has 1 aliphatic rings. The summed E-state index contributed by atoms with van der Waals surface area (Å²) in [6.45, 7) is 2.77. The van der Waals surface area contributed by atoms with Crippen LogP contribution in [0.25, 0.3) is 11.4 Å². The zero-order valence-corrected chi connectivity index (χ0v) is 15.3. The van der Waals surface area contributed by atoms with E-state index in [1.54, 1.807) is 0 Å². The first kappa shape index (κ1) is 16.7. The second-order valence-corrected chi connectivity index (χ2v) is 6.87. The molecule has 0 atom stereocenters. The van der Waals surface area contributed by atoms with E-state index in [-0.39, 0.29) is 0 Å². The maximum absolute atomic E-state index is 4.81. The molecule has 5 nitrogen and oxygen atoms in total. The van der Waals surface area contributed by atoms with Crippen LogP contribution in [0.2, 0.25) is 0 Å². The van der Waals surface area contributed by atoms with Crippen LogP contribution < -0.4 is 4.90 Å². The van der Waals surface area contributed by atoms with Gasteiger partial charge in [0.2, 0.25) is 0 Å². The van der Waals surface area contributed by atoms with Gasteiger partial charge >= 0.3 is 0 Å². The lowest BCUT2D eigenvalue weighted by Crippen LogP contribution is -2.31. The van der Waals surface area contributed by atoms with E-state index in [0.717, 1.165) is 43.3 Å². The fourth-order valence-corrected chi connectivity index (χ4v) is 3.43. The van der Waals surface area contributed by atoms with Crippen molar-refractivity contribution in [3.05, 3.63) is 71.7 Å². The summed E-state index contributed by atoms with van der Waals surface area (Å²) in [5.41, 5.74) is 4.73. The number of benzene rings is 1. The number of anilines is 1. The Labute approximate surface area is 154 Å². The highest BCUT2D eigenvalue weighted by Gasteiger charge is 2.20. The number of hydrogen-bond donors (Lipinski definition) is 0. The Hall–Kier alpha value is -2.79. The van der Waals surface area contributed by atoms with E-state index in [4.69, 9.17) is 4.98 Å². The molecule has 4 rings (SSSR count). The molecular formula is C21H23N5. The van der Waals surface area contributed by atoms with E-state index in [1.165, 1.54) is 16.8 Å². The first-order valence-electron chi connectivity index (χ1n) is 8.94. The van der Waals surface area contributed by atoms with E-state index < -0.39 is 0 Å². The van der Waals surface area contributed by atoms with Crippen molar-refractivity contribution >= 4 is 5.82 Å². The van der Waals surface area contributed by atoms with E-state index >= 15 is 0 Å². The van der Waals surface area contributed by atoms with E-state index in [2.05, 4.69) is 38.0 Å². The normalized spacial score (nSPS) is 14.1. The largest absolute Gasteiger partial charge is 0.362 e. The molecule has 2 aromatic heterocycles. The molecule has 0 spiro atoms. The molecule has 26 heavy (non-hydrogen) atoms. The Kier molecular flexibility index (Phi) is 4.63. The third kappa shape index (κ3) is 3.44. The molecule has 0 radical (unpaired) electrons. The lowest BCUT2D eigenvalue weighted by atomic mass is 10.1. The van der Waals surface area contributed by atoms with Crippen molar-refractivity contribution in [2.45, 2.75) is 19.5 Å². The second kappa shape index (κ2) is 7.22. The fraction of sp³-hybridized carbons (Fsp3) is 0.286. The third-order valence-electron chi connectivity index (χ3n) is 4.73. The SMILES string of the molecule is CN(C)c1ncccc1CN1CCc2nc(-c3ccccc3)ncc2C1. The molecule has 5 heteroatoms. The Morgan fingerprint density at radius 2 is 1.88 bits per heavy atom. The lowest BCUT2D eigenvalue weighted by Gasteiger charge is -2.29.